The van der Waals surface area contributed by atoms with E-state index in [1.807, 2.05) is 12.1 Å². The van der Waals surface area contributed by atoms with Crippen molar-refractivity contribution in [1.82, 2.24) is 4.31 Å². The number of ether oxygens (including phenoxy) is 3. The van der Waals surface area contributed by atoms with Crippen LogP contribution in [0.1, 0.15) is 12.8 Å². The predicted molar refractivity (Wildman–Crippen MR) is 115 cm³/mol. The van der Waals surface area contributed by atoms with E-state index < -0.39 is 10.0 Å². The van der Waals surface area contributed by atoms with Gasteiger partial charge in [0.2, 0.25) is 10.0 Å². The lowest BCUT2D eigenvalue weighted by atomic mass is 10.0. The van der Waals surface area contributed by atoms with Gasteiger partial charge in [-0.3, -0.25) is 0 Å². The molecule has 8 heteroatoms. The lowest BCUT2D eigenvalue weighted by molar-refractivity contribution is 0.289. The third kappa shape index (κ3) is 5.18. The minimum atomic E-state index is -3.63. The first-order chi connectivity index (χ1) is 14.0. The minimum Gasteiger partial charge on any atom is -0.497 e. The van der Waals surface area contributed by atoms with Gasteiger partial charge >= 0.3 is 0 Å². The molecule has 3 rings (SSSR count). The third-order valence-electron chi connectivity index (χ3n) is 5.11. The van der Waals surface area contributed by atoms with E-state index in [4.69, 9.17) is 14.2 Å². The number of thioether (sulfide) groups is 1. The molecule has 0 bridgehead atoms. The predicted octanol–water partition coefficient (Wildman–Crippen LogP) is 3.91. The molecule has 2 aromatic rings. The van der Waals surface area contributed by atoms with Crippen molar-refractivity contribution < 1.29 is 22.6 Å². The lowest BCUT2D eigenvalue weighted by Gasteiger charge is -2.31. The second kappa shape index (κ2) is 9.73. The first-order valence-corrected chi connectivity index (χ1v) is 11.9. The van der Waals surface area contributed by atoms with Crippen molar-refractivity contribution in [3.05, 3.63) is 42.5 Å². The molecule has 1 heterocycles. The van der Waals surface area contributed by atoms with E-state index in [1.165, 1.54) is 25.2 Å². The Morgan fingerprint density at radius 2 is 1.55 bits per heavy atom. The minimum absolute atomic E-state index is 0.158. The highest BCUT2D eigenvalue weighted by Crippen LogP contribution is 2.34. The normalized spacial score (nSPS) is 15.8. The fourth-order valence-electron chi connectivity index (χ4n) is 3.33. The van der Waals surface area contributed by atoms with Crippen LogP contribution in [0.2, 0.25) is 0 Å². The van der Waals surface area contributed by atoms with Crippen molar-refractivity contribution in [2.75, 3.05) is 40.2 Å². The number of nitrogens with zero attached hydrogens (tertiary/aromatic N) is 1. The van der Waals surface area contributed by atoms with Crippen molar-refractivity contribution in [1.29, 1.82) is 0 Å². The van der Waals surface area contributed by atoms with Gasteiger partial charge in [-0.25, -0.2) is 8.42 Å². The number of benzene rings is 2. The lowest BCUT2D eigenvalue weighted by Crippen LogP contribution is -2.39. The summed E-state index contributed by atoms with van der Waals surface area (Å²) in [5, 5.41) is 0. The van der Waals surface area contributed by atoms with Crippen molar-refractivity contribution in [2.24, 2.45) is 5.92 Å². The Bertz CT molecular complexity index is 907. The maximum absolute atomic E-state index is 13.2. The van der Waals surface area contributed by atoms with Gasteiger partial charge in [-0.1, -0.05) is 0 Å². The maximum atomic E-state index is 13.2. The van der Waals surface area contributed by atoms with Crippen LogP contribution in [0.25, 0.3) is 0 Å². The monoisotopic (exact) mass is 437 g/mol. The molecule has 1 aliphatic heterocycles. The van der Waals surface area contributed by atoms with Gasteiger partial charge in [0.25, 0.3) is 0 Å². The van der Waals surface area contributed by atoms with Gasteiger partial charge in [-0.2, -0.15) is 4.31 Å². The summed E-state index contributed by atoms with van der Waals surface area (Å²) >= 11 is 1.80. The van der Waals surface area contributed by atoms with Gasteiger partial charge in [-0.05, 0) is 55.2 Å². The van der Waals surface area contributed by atoms with Gasteiger partial charge in [-0.15, -0.1) is 11.8 Å². The molecule has 0 aromatic heterocycles. The van der Waals surface area contributed by atoms with E-state index in [0.29, 0.717) is 30.5 Å². The summed E-state index contributed by atoms with van der Waals surface area (Å²) in [7, 11) is 1.02. The largest absolute Gasteiger partial charge is 0.497 e. The van der Waals surface area contributed by atoms with Gasteiger partial charge < -0.3 is 14.2 Å². The highest BCUT2D eigenvalue weighted by Gasteiger charge is 2.32. The van der Waals surface area contributed by atoms with Crippen LogP contribution in [0.4, 0.5) is 0 Å². The highest BCUT2D eigenvalue weighted by molar-refractivity contribution is 7.99. The molecule has 0 saturated carbocycles. The van der Waals surface area contributed by atoms with Crippen LogP contribution in [0, 0.1) is 5.92 Å². The van der Waals surface area contributed by atoms with Crippen molar-refractivity contribution >= 4 is 21.8 Å². The van der Waals surface area contributed by atoms with Crippen LogP contribution in [-0.4, -0.2) is 52.9 Å². The van der Waals surface area contributed by atoms with E-state index in [-0.39, 0.29) is 4.90 Å². The molecule has 0 N–H and O–H groups in total. The topological polar surface area (TPSA) is 65.1 Å². The zero-order valence-electron chi connectivity index (χ0n) is 17.0. The number of sulfonamides is 1. The summed E-state index contributed by atoms with van der Waals surface area (Å²) in [4.78, 5) is 1.35. The smallest absolute Gasteiger partial charge is 0.246 e. The summed E-state index contributed by atoms with van der Waals surface area (Å²) in [5.41, 5.74) is 0. The quantitative estimate of drug-likeness (QED) is 0.584. The molecule has 29 heavy (non-hydrogen) atoms. The second-order valence-electron chi connectivity index (χ2n) is 6.85. The third-order valence-corrected chi connectivity index (χ3v) is 8.27. The van der Waals surface area contributed by atoms with Crippen LogP contribution in [0.3, 0.4) is 0 Å². The molecule has 6 nitrogen and oxygen atoms in total. The van der Waals surface area contributed by atoms with E-state index in [9.17, 15) is 8.42 Å². The molecule has 1 fully saturated rings. The number of methoxy groups -OCH3 is 3. The molecule has 158 valence electrons. The van der Waals surface area contributed by atoms with Crippen molar-refractivity contribution in [3.8, 4) is 17.2 Å². The Morgan fingerprint density at radius 1 is 0.931 bits per heavy atom. The van der Waals surface area contributed by atoms with Crippen LogP contribution < -0.4 is 14.2 Å². The molecular weight excluding hydrogens is 410 g/mol. The zero-order valence-corrected chi connectivity index (χ0v) is 18.6. The summed E-state index contributed by atoms with van der Waals surface area (Å²) in [6, 6.07) is 12.9. The van der Waals surface area contributed by atoms with Crippen molar-refractivity contribution in [2.45, 2.75) is 22.6 Å². The Balaban J connectivity index is 1.60. The SMILES string of the molecule is COc1ccc(SCC2CCN(S(=O)(=O)c3cc(OC)ccc3OC)CC2)cc1. The molecule has 1 aliphatic rings. The fourth-order valence-corrected chi connectivity index (χ4v) is 6.06. The fraction of sp³-hybridized carbons (Fsp3) is 0.429. The average molecular weight is 438 g/mol. The van der Waals surface area contributed by atoms with Crippen LogP contribution in [0.15, 0.2) is 52.3 Å². The number of hydrogen-bond acceptors (Lipinski definition) is 6. The second-order valence-corrected chi connectivity index (χ2v) is 9.85. The summed E-state index contributed by atoms with van der Waals surface area (Å²) < 4.78 is 43.5. The molecule has 0 atom stereocenters. The molecule has 0 unspecified atom stereocenters. The van der Waals surface area contributed by atoms with Crippen LogP contribution in [0.5, 0.6) is 17.2 Å². The molecule has 0 radical (unpaired) electrons. The number of piperidine rings is 1. The summed E-state index contributed by atoms with van der Waals surface area (Å²) in [6.07, 6.45) is 1.68. The van der Waals surface area contributed by atoms with E-state index in [2.05, 4.69) is 12.1 Å². The molecule has 0 spiro atoms. The van der Waals surface area contributed by atoms with Crippen LogP contribution in [-0.2, 0) is 10.0 Å². The zero-order chi connectivity index (χ0) is 20.9. The highest BCUT2D eigenvalue weighted by atomic mass is 32.2. The number of hydrogen-bond donors (Lipinski definition) is 0. The maximum Gasteiger partial charge on any atom is 0.246 e. The van der Waals surface area contributed by atoms with E-state index >= 15 is 0 Å². The number of rotatable bonds is 8. The Morgan fingerprint density at radius 3 is 2.14 bits per heavy atom. The standard InChI is InChI=1S/C21H27NO5S2/c1-25-17-4-7-19(8-5-17)28-15-16-10-12-22(13-11-16)29(23,24)21-14-18(26-2)6-9-20(21)27-3/h4-9,14,16H,10-13,15H2,1-3H3. The van der Waals surface area contributed by atoms with Gasteiger partial charge in [0.05, 0.1) is 21.3 Å². The van der Waals surface area contributed by atoms with Gasteiger partial charge in [0.1, 0.15) is 22.1 Å². The van der Waals surface area contributed by atoms with Crippen LogP contribution >= 0.6 is 11.8 Å². The summed E-state index contributed by atoms with van der Waals surface area (Å²) in [6.45, 7) is 1.02. The van der Waals surface area contributed by atoms with E-state index in [0.717, 1.165) is 24.3 Å². The molecular formula is C21H27NO5S2. The first-order valence-electron chi connectivity index (χ1n) is 9.47. The molecule has 0 amide bonds. The molecule has 2 aromatic carbocycles. The summed E-state index contributed by atoms with van der Waals surface area (Å²) in [5.74, 6) is 3.14. The Hall–Kier alpha value is -1.90. The molecule has 0 aliphatic carbocycles. The first kappa shape index (κ1) is 21.8. The van der Waals surface area contributed by atoms with Gasteiger partial charge in [0.15, 0.2) is 0 Å². The Kier molecular flexibility index (Phi) is 7.32. The van der Waals surface area contributed by atoms with Crippen molar-refractivity contribution in [3.63, 3.8) is 0 Å². The van der Waals surface area contributed by atoms with E-state index in [1.54, 1.807) is 35.3 Å². The average Bonchev–Trinajstić information content (AvgIpc) is 2.77. The van der Waals surface area contributed by atoms with Gasteiger partial charge in [0, 0.05) is 29.8 Å². The Labute approximate surface area is 177 Å². The molecule has 1 saturated heterocycles.